The van der Waals surface area contributed by atoms with Gasteiger partial charge in [-0.1, -0.05) is 29.8 Å². The summed E-state index contributed by atoms with van der Waals surface area (Å²) in [7, 11) is 1.59. The van der Waals surface area contributed by atoms with E-state index in [2.05, 4.69) is 5.32 Å². The van der Waals surface area contributed by atoms with Crippen molar-refractivity contribution in [2.75, 3.05) is 17.3 Å². The fourth-order valence-electron chi connectivity index (χ4n) is 3.93. The minimum Gasteiger partial charge on any atom is -0.497 e. The molecular weight excluding hydrogens is 403 g/mol. The van der Waals surface area contributed by atoms with Crippen molar-refractivity contribution < 1.29 is 13.9 Å². The molecular formula is C24H22ClFN2O2. The van der Waals surface area contributed by atoms with E-state index in [0.717, 1.165) is 11.3 Å². The van der Waals surface area contributed by atoms with E-state index in [0.29, 0.717) is 28.4 Å². The Morgan fingerprint density at radius 1 is 1.13 bits per heavy atom. The fourth-order valence-corrected chi connectivity index (χ4v) is 4.08. The van der Waals surface area contributed by atoms with Crippen LogP contribution in [-0.4, -0.2) is 19.1 Å². The highest BCUT2D eigenvalue weighted by Gasteiger charge is 2.34. The number of halogens is 2. The van der Waals surface area contributed by atoms with Crippen LogP contribution in [0.3, 0.4) is 0 Å². The van der Waals surface area contributed by atoms with Crippen LogP contribution >= 0.6 is 11.6 Å². The first-order valence-corrected chi connectivity index (χ1v) is 10.1. The van der Waals surface area contributed by atoms with Gasteiger partial charge in [0.15, 0.2) is 0 Å². The normalized spacial score (nSPS) is 17.9. The standard InChI is InChI=1S/C24H22ClFN2O2/c1-15-13-22(27-21-12-9-17(25)14-20(21)26)19-5-3-4-6-23(19)28(15)24(29)16-7-10-18(30-2)11-8-16/h3-12,14-15,22,27H,13H2,1-2H3/t15-,22+/m0/s1. The van der Waals surface area contributed by atoms with Crippen molar-refractivity contribution in [3.63, 3.8) is 0 Å². The second kappa shape index (κ2) is 8.36. The SMILES string of the molecule is COc1ccc(C(=O)N2c3ccccc3[C@H](Nc3ccc(Cl)cc3F)C[C@@H]2C)cc1. The summed E-state index contributed by atoms with van der Waals surface area (Å²) >= 11 is 5.88. The highest BCUT2D eigenvalue weighted by Crippen LogP contribution is 2.40. The summed E-state index contributed by atoms with van der Waals surface area (Å²) in [6.45, 7) is 2.00. The lowest BCUT2D eigenvalue weighted by Gasteiger charge is -2.40. The van der Waals surface area contributed by atoms with Crippen LogP contribution in [0.25, 0.3) is 0 Å². The molecule has 0 aromatic heterocycles. The number of amides is 1. The molecule has 4 nitrogen and oxygen atoms in total. The maximum atomic E-state index is 14.3. The first kappa shape index (κ1) is 20.2. The molecule has 0 spiro atoms. The van der Waals surface area contributed by atoms with E-state index >= 15 is 0 Å². The third-order valence-corrected chi connectivity index (χ3v) is 5.64. The molecule has 30 heavy (non-hydrogen) atoms. The lowest BCUT2D eigenvalue weighted by Crippen LogP contribution is -2.44. The number of rotatable bonds is 4. The van der Waals surface area contributed by atoms with Crippen LogP contribution in [0.5, 0.6) is 5.75 Å². The molecule has 4 rings (SSSR count). The monoisotopic (exact) mass is 424 g/mol. The molecule has 1 heterocycles. The maximum Gasteiger partial charge on any atom is 0.258 e. The molecule has 0 bridgehead atoms. The lowest BCUT2D eigenvalue weighted by molar-refractivity contribution is 0.0974. The number of hydrogen-bond donors (Lipinski definition) is 1. The summed E-state index contributed by atoms with van der Waals surface area (Å²) in [6, 6.07) is 19.2. The van der Waals surface area contributed by atoms with Gasteiger partial charge in [-0.3, -0.25) is 4.79 Å². The Labute approximate surface area is 180 Å². The number of carbonyl (C=O) groups excluding carboxylic acids is 1. The van der Waals surface area contributed by atoms with Crippen molar-refractivity contribution in [3.8, 4) is 5.75 Å². The van der Waals surface area contributed by atoms with Gasteiger partial charge in [-0.2, -0.15) is 0 Å². The average Bonchev–Trinajstić information content (AvgIpc) is 2.75. The summed E-state index contributed by atoms with van der Waals surface area (Å²) < 4.78 is 19.5. The minimum absolute atomic E-state index is 0.0753. The van der Waals surface area contributed by atoms with Crippen LogP contribution < -0.4 is 15.0 Å². The molecule has 2 atom stereocenters. The zero-order valence-electron chi connectivity index (χ0n) is 16.7. The zero-order chi connectivity index (χ0) is 21.3. The molecule has 0 unspecified atom stereocenters. The van der Waals surface area contributed by atoms with E-state index < -0.39 is 5.82 Å². The molecule has 6 heteroatoms. The summed E-state index contributed by atoms with van der Waals surface area (Å²) in [4.78, 5) is 15.1. The topological polar surface area (TPSA) is 41.6 Å². The van der Waals surface area contributed by atoms with E-state index in [4.69, 9.17) is 16.3 Å². The quantitative estimate of drug-likeness (QED) is 0.551. The number of methoxy groups -OCH3 is 1. The first-order valence-electron chi connectivity index (χ1n) is 9.76. The van der Waals surface area contributed by atoms with Crippen molar-refractivity contribution in [2.24, 2.45) is 0 Å². The second-order valence-corrected chi connectivity index (χ2v) is 7.80. The molecule has 1 aliphatic rings. The molecule has 154 valence electrons. The molecule has 3 aromatic carbocycles. The Morgan fingerprint density at radius 2 is 1.87 bits per heavy atom. The predicted octanol–water partition coefficient (Wildman–Crippen LogP) is 6.08. The van der Waals surface area contributed by atoms with Gasteiger partial charge in [0, 0.05) is 22.3 Å². The van der Waals surface area contributed by atoms with E-state index in [1.54, 1.807) is 43.5 Å². The molecule has 1 N–H and O–H groups in total. The summed E-state index contributed by atoms with van der Waals surface area (Å²) in [5.41, 5.74) is 2.75. The molecule has 0 fully saturated rings. The molecule has 1 aliphatic heterocycles. The minimum atomic E-state index is -0.399. The van der Waals surface area contributed by atoms with E-state index in [1.807, 2.05) is 36.1 Å². The largest absolute Gasteiger partial charge is 0.497 e. The molecule has 0 saturated carbocycles. The van der Waals surface area contributed by atoms with Crippen molar-refractivity contribution in [2.45, 2.75) is 25.4 Å². The van der Waals surface area contributed by atoms with Gasteiger partial charge in [0.2, 0.25) is 0 Å². The lowest BCUT2D eigenvalue weighted by atomic mass is 9.90. The highest BCUT2D eigenvalue weighted by molar-refractivity contribution is 6.30. The third-order valence-electron chi connectivity index (χ3n) is 5.41. The van der Waals surface area contributed by atoms with Crippen LogP contribution in [0.1, 0.15) is 35.3 Å². The highest BCUT2D eigenvalue weighted by atomic mass is 35.5. The summed E-state index contributed by atoms with van der Waals surface area (Å²) in [6.07, 6.45) is 0.640. The fraction of sp³-hybridized carbons (Fsp3) is 0.208. The van der Waals surface area contributed by atoms with Gasteiger partial charge < -0.3 is 15.0 Å². The average molecular weight is 425 g/mol. The maximum absolute atomic E-state index is 14.3. The van der Waals surface area contributed by atoms with Gasteiger partial charge in [0.25, 0.3) is 5.91 Å². The van der Waals surface area contributed by atoms with Crippen molar-refractivity contribution in [3.05, 3.63) is 88.7 Å². The number of ether oxygens (including phenoxy) is 1. The Kier molecular flexibility index (Phi) is 5.64. The number of carbonyl (C=O) groups is 1. The van der Waals surface area contributed by atoms with Gasteiger partial charge >= 0.3 is 0 Å². The van der Waals surface area contributed by atoms with Gasteiger partial charge in [-0.25, -0.2) is 4.39 Å². The van der Waals surface area contributed by atoms with Crippen molar-refractivity contribution in [1.82, 2.24) is 0 Å². The molecule has 3 aromatic rings. The molecule has 0 aliphatic carbocycles. The summed E-state index contributed by atoms with van der Waals surface area (Å²) in [5, 5.41) is 3.64. The van der Waals surface area contributed by atoms with Crippen LogP contribution in [-0.2, 0) is 0 Å². The van der Waals surface area contributed by atoms with Crippen LogP contribution in [0.15, 0.2) is 66.7 Å². The Bertz CT molecular complexity index is 1070. The Morgan fingerprint density at radius 3 is 2.57 bits per heavy atom. The number of anilines is 2. The van der Waals surface area contributed by atoms with Gasteiger partial charge in [0.1, 0.15) is 11.6 Å². The number of nitrogens with one attached hydrogen (secondary N) is 1. The van der Waals surface area contributed by atoms with Crippen LogP contribution in [0.2, 0.25) is 5.02 Å². The van der Waals surface area contributed by atoms with E-state index in [-0.39, 0.29) is 18.0 Å². The zero-order valence-corrected chi connectivity index (χ0v) is 17.5. The Hall–Kier alpha value is -3.05. The second-order valence-electron chi connectivity index (χ2n) is 7.37. The van der Waals surface area contributed by atoms with Crippen LogP contribution in [0.4, 0.5) is 15.8 Å². The number of fused-ring (bicyclic) bond motifs is 1. The van der Waals surface area contributed by atoms with Gasteiger partial charge in [-0.15, -0.1) is 0 Å². The number of nitrogens with zero attached hydrogens (tertiary/aromatic N) is 1. The van der Waals surface area contributed by atoms with Crippen molar-refractivity contribution >= 4 is 28.9 Å². The van der Waals surface area contributed by atoms with E-state index in [9.17, 15) is 9.18 Å². The smallest absolute Gasteiger partial charge is 0.258 e. The van der Waals surface area contributed by atoms with Gasteiger partial charge in [-0.05, 0) is 67.4 Å². The first-order chi connectivity index (χ1) is 14.5. The molecule has 1 amide bonds. The Balaban J connectivity index is 1.66. The van der Waals surface area contributed by atoms with Crippen LogP contribution in [0, 0.1) is 5.82 Å². The number of hydrogen-bond acceptors (Lipinski definition) is 3. The molecule has 0 radical (unpaired) electrons. The van der Waals surface area contributed by atoms with Gasteiger partial charge in [0.05, 0.1) is 18.8 Å². The molecule has 0 saturated heterocycles. The van der Waals surface area contributed by atoms with E-state index in [1.165, 1.54) is 6.07 Å². The number of benzene rings is 3. The van der Waals surface area contributed by atoms with Crippen molar-refractivity contribution in [1.29, 1.82) is 0 Å². The third kappa shape index (κ3) is 3.85. The summed E-state index contributed by atoms with van der Waals surface area (Å²) in [5.74, 6) is 0.228. The number of para-hydroxylation sites is 1. The predicted molar refractivity (Wildman–Crippen MR) is 118 cm³/mol.